The summed E-state index contributed by atoms with van der Waals surface area (Å²) in [6.45, 7) is 8.21. The first-order chi connectivity index (χ1) is 13.8. The third-order valence-corrected chi connectivity index (χ3v) is 5.58. The van der Waals surface area contributed by atoms with Crippen LogP contribution in [0.15, 0.2) is 48.5 Å². The Balaban J connectivity index is 2.15. The molecule has 0 aliphatic rings. The molecule has 2 aromatic rings. The number of hydrogen-bond donors (Lipinski definition) is 1. The van der Waals surface area contributed by atoms with E-state index in [2.05, 4.69) is 5.32 Å². The van der Waals surface area contributed by atoms with Gasteiger partial charge in [0.15, 0.2) is 0 Å². The first kappa shape index (κ1) is 23.0. The van der Waals surface area contributed by atoms with Crippen molar-refractivity contribution in [2.75, 3.05) is 0 Å². The van der Waals surface area contributed by atoms with Crippen molar-refractivity contribution in [3.8, 4) is 0 Å². The summed E-state index contributed by atoms with van der Waals surface area (Å²) < 4.78 is 0. The minimum atomic E-state index is -0.552. The summed E-state index contributed by atoms with van der Waals surface area (Å²) in [5.74, 6) is -0.185. The Labute approximate surface area is 179 Å². The molecular weight excluding hydrogens is 384 g/mol. The largest absolute Gasteiger partial charge is 0.352 e. The van der Waals surface area contributed by atoms with E-state index in [0.717, 1.165) is 23.1 Å². The Morgan fingerprint density at radius 1 is 1.07 bits per heavy atom. The molecule has 0 aliphatic heterocycles. The number of carbonyl (C=O) groups excluding carboxylic acids is 2. The SMILES string of the molecule is CC[C@@H](C)NC(=O)[C@H](C)N(Cc1ccc(C)cc1)C(=O)CCc1ccccc1Cl. The quantitative estimate of drug-likeness (QED) is 0.633. The molecule has 0 unspecified atom stereocenters. The number of hydrogen-bond acceptors (Lipinski definition) is 2. The number of nitrogens with zero attached hydrogens (tertiary/aromatic N) is 1. The second kappa shape index (κ2) is 11.0. The summed E-state index contributed by atoms with van der Waals surface area (Å²) >= 11 is 6.23. The van der Waals surface area contributed by atoms with Crippen LogP contribution < -0.4 is 5.32 Å². The molecule has 29 heavy (non-hydrogen) atoms. The maximum Gasteiger partial charge on any atom is 0.242 e. The van der Waals surface area contributed by atoms with Gasteiger partial charge >= 0.3 is 0 Å². The monoisotopic (exact) mass is 414 g/mol. The van der Waals surface area contributed by atoms with Crippen LogP contribution in [-0.4, -0.2) is 28.8 Å². The molecule has 0 saturated carbocycles. The van der Waals surface area contributed by atoms with Crippen molar-refractivity contribution in [2.45, 2.75) is 65.6 Å². The Bertz CT molecular complexity index is 820. The van der Waals surface area contributed by atoms with E-state index in [-0.39, 0.29) is 17.9 Å². The Morgan fingerprint density at radius 3 is 2.34 bits per heavy atom. The molecular formula is C24H31ClN2O2. The van der Waals surface area contributed by atoms with Gasteiger partial charge in [-0.2, -0.15) is 0 Å². The van der Waals surface area contributed by atoms with Gasteiger partial charge in [0.25, 0.3) is 0 Å². The third-order valence-electron chi connectivity index (χ3n) is 5.21. The molecule has 0 bridgehead atoms. The highest BCUT2D eigenvalue weighted by Gasteiger charge is 2.26. The van der Waals surface area contributed by atoms with Crippen molar-refractivity contribution in [1.29, 1.82) is 0 Å². The molecule has 0 radical (unpaired) electrons. The number of carbonyl (C=O) groups is 2. The minimum Gasteiger partial charge on any atom is -0.352 e. The highest BCUT2D eigenvalue weighted by molar-refractivity contribution is 6.31. The van der Waals surface area contributed by atoms with Crippen LogP contribution >= 0.6 is 11.6 Å². The zero-order valence-corrected chi connectivity index (χ0v) is 18.5. The van der Waals surface area contributed by atoms with Gasteiger partial charge < -0.3 is 10.2 Å². The number of halogens is 1. The van der Waals surface area contributed by atoms with E-state index in [1.54, 1.807) is 11.8 Å². The number of amides is 2. The number of benzene rings is 2. The van der Waals surface area contributed by atoms with E-state index >= 15 is 0 Å². The predicted octanol–water partition coefficient (Wildman–Crippen LogP) is 4.91. The van der Waals surface area contributed by atoms with E-state index in [1.165, 1.54) is 0 Å². The van der Waals surface area contributed by atoms with Crippen molar-refractivity contribution >= 4 is 23.4 Å². The van der Waals surface area contributed by atoms with Crippen LogP contribution in [0.3, 0.4) is 0 Å². The Kier molecular flexibility index (Phi) is 8.71. The van der Waals surface area contributed by atoms with E-state index in [0.29, 0.717) is 24.4 Å². The molecule has 0 fully saturated rings. The van der Waals surface area contributed by atoms with Crippen LogP contribution in [0.4, 0.5) is 0 Å². The van der Waals surface area contributed by atoms with Gasteiger partial charge in [-0.25, -0.2) is 0 Å². The molecule has 0 heterocycles. The topological polar surface area (TPSA) is 49.4 Å². The standard InChI is InChI=1S/C24H31ClN2O2/c1-5-18(3)26-24(29)19(4)27(16-20-12-10-17(2)11-13-20)23(28)15-14-21-8-6-7-9-22(21)25/h6-13,18-19H,5,14-16H2,1-4H3,(H,26,29)/t18-,19+/m1/s1. The van der Waals surface area contributed by atoms with Gasteiger partial charge in [-0.1, -0.05) is 66.6 Å². The highest BCUT2D eigenvalue weighted by atomic mass is 35.5. The molecule has 1 N–H and O–H groups in total. The Hall–Kier alpha value is -2.33. The smallest absolute Gasteiger partial charge is 0.242 e. The lowest BCUT2D eigenvalue weighted by Crippen LogP contribution is -2.49. The van der Waals surface area contributed by atoms with Crippen molar-refractivity contribution in [3.05, 3.63) is 70.2 Å². The Morgan fingerprint density at radius 2 is 1.72 bits per heavy atom. The van der Waals surface area contributed by atoms with Crippen LogP contribution in [0.5, 0.6) is 0 Å². The molecule has 0 aliphatic carbocycles. The first-order valence-electron chi connectivity index (χ1n) is 10.2. The van der Waals surface area contributed by atoms with Crippen LogP contribution in [0.1, 0.15) is 50.3 Å². The van der Waals surface area contributed by atoms with Crippen molar-refractivity contribution < 1.29 is 9.59 Å². The summed E-state index contributed by atoms with van der Waals surface area (Å²) in [5.41, 5.74) is 3.10. The molecule has 2 rings (SSSR count). The lowest BCUT2D eigenvalue weighted by Gasteiger charge is -2.30. The summed E-state index contributed by atoms with van der Waals surface area (Å²) in [6.07, 6.45) is 1.69. The fourth-order valence-electron chi connectivity index (χ4n) is 3.02. The zero-order chi connectivity index (χ0) is 21.4. The van der Waals surface area contributed by atoms with Crippen molar-refractivity contribution in [1.82, 2.24) is 10.2 Å². The van der Waals surface area contributed by atoms with Gasteiger partial charge in [0.1, 0.15) is 6.04 Å². The van der Waals surface area contributed by atoms with E-state index in [9.17, 15) is 9.59 Å². The van der Waals surface area contributed by atoms with Crippen molar-refractivity contribution in [3.63, 3.8) is 0 Å². The van der Waals surface area contributed by atoms with Gasteiger partial charge in [-0.15, -0.1) is 0 Å². The lowest BCUT2D eigenvalue weighted by atomic mass is 10.1. The molecule has 0 aromatic heterocycles. The van der Waals surface area contributed by atoms with Gasteiger partial charge in [-0.05, 0) is 50.8 Å². The summed E-state index contributed by atoms with van der Waals surface area (Å²) in [7, 11) is 0. The van der Waals surface area contributed by atoms with Gasteiger partial charge in [0.2, 0.25) is 11.8 Å². The minimum absolute atomic E-state index is 0.0581. The molecule has 2 amide bonds. The average Bonchev–Trinajstić information content (AvgIpc) is 2.71. The number of nitrogens with one attached hydrogen (secondary N) is 1. The average molecular weight is 415 g/mol. The molecule has 2 atom stereocenters. The second-order valence-electron chi connectivity index (χ2n) is 7.59. The molecule has 0 spiro atoms. The van der Waals surface area contributed by atoms with Crippen LogP contribution in [0.2, 0.25) is 5.02 Å². The van der Waals surface area contributed by atoms with Gasteiger partial charge in [0, 0.05) is 24.0 Å². The van der Waals surface area contributed by atoms with Gasteiger partial charge in [-0.3, -0.25) is 9.59 Å². The van der Waals surface area contributed by atoms with E-state index in [4.69, 9.17) is 11.6 Å². The number of rotatable bonds is 9. The maximum absolute atomic E-state index is 13.1. The van der Waals surface area contributed by atoms with E-state index in [1.807, 2.05) is 69.3 Å². The highest BCUT2D eigenvalue weighted by Crippen LogP contribution is 2.18. The normalized spacial score (nSPS) is 12.9. The molecule has 0 saturated heterocycles. The fourth-order valence-corrected chi connectivity index (χ4v) is 3.25. The molecule has 156 valence electrons. The second-order valence-corrected chi connectivity index (χ2v) is 8.00. The zero-order valence-electron chi connectivity index (χ0n) is 17.7. The van der Waals surface area contributed by atoms with Crippen LogP contribution in [-0.2, 0) is 22.6 Å². The predicted molar refractivity (Wildman–Crippen MR) is 119 cm³/mol. The first-order valence-corrected chi connectivity index (χ1v) is 10.6. The summed E-state index contributed by atoms with van der Waals surface area (Å²) in [4.78, 5) is 27.5. The maximum atomic E-state index is 13.1. The fraction of sp³-hybridized carbons (Fsp3) is 0.417. The summed E-state index contributed by atoms with van der Waals surface area (Å²) in [6, 6.07) is 15.1. The third kappa shape index (κ3) is 6.90. The molecule has 2 aromatic carbocycles. The van der Waals surface area contributed by atoms with E-state index < -0.39 is 6.04 Å². The summed E-state index contributed by atoms with van der Waals surface area (Å²) in [5, 5.41) is 3.65. The van der Waals surface area contributed by atoms with Gasteiger partial charge in [0.05, 0.1) is 0 Å². The van der Waals surface area contributed by atoms with Crippen LogP contribution in [0, 0.1) is 6.92 Å². The van der Waals surface area contributed by atoms with Crippen LogP contribution in [0.25, 0.3) is 0 Å². The number of aryl methyl sites for hydroxylation is 2. The molecule has 5 heteroatoms. The molecule has 4 nitrogen and oxygen atoms in total. The van der Waals surface area contributed by atoms with Crippen molar-refractivity contribution in [2.24, 2.45) is 0 Å². The lowest BCUT2D eigenvalue weighted by molar-refractivity contribution is -0.140.